The molecule has 0 spiro atoms. The highest BCUT2D eigenvalue weighted by Crippen LogP contribution is 2.41. The number of rotatable bonds is 8. The smallest absolute Gasteiger partial charge is 0.338 e. The molecule has 224 valence electrons. The van der Waals surface area contributed by atoms with Crippen molar-refractivity contribution in [1.29, 1.82) is 0 Å². The Kier molecular flexibility index (Phi) is 8.23. The third kappa shape index (κ3) is 5.41. The molecule has 0 saturated carbocycles. The predicted octanol–water partition coefficient (Wildman–Crippen LogP) is 4.09. The number of thiazole rings is 1. The van der Waals surface area contributed by atoms with E-state index in [1.165, 1.54) is 11.3 Å². The maximum absolute atomic E-state index is 14.3. The second-order valence-electron chi connectivity index (χ2n) is 10.8. The Balaban J connectivity index is 1.55. The van der Waals surface area contributed by atoms with Gasteiger partial charge in [-0.2, -0.15) is 0 Å². The van der Waals surface area contributed by atoms with Gasteiger partial charge < -0.3 is 23.7 Å². The van der Waals surface area contributed by atoms with Crippen LogP contribution in [-0.4, -0.2) is 62.4 Å². The van der Waals surface area contributed by atoms with E-state index in [-0.39, 0.29) is 12.2 Å². The second kappa shape index (κ2) is 12.2. The van der Waals surface area contributed by atoms with Gasteiger partial charge in [0, 0.05) is 43.9 Å². The third-order valence-electron chi connectivity index (χ3n) is 8.02. The van der Waals surface area contributed by atoms with Crippen LogP contribution >= 0.6 is 11.3 Å². The molecule has 2 aliphatic heterocycles. The normalized spacial score (nSPS) is 17.7. The number of fused-ring (bicyclic) bond motifs is 2. The molecule has 0 radical (unpaired) electrons. The minimum atomic E-state index is -0.780. The first-order valence-corrected chi connectivity index (χ1v) is 15.6. The average Bonchev–Trinajstić information content (AvgIpc) is 3.60. The molecular weight excluding hydrogens is 564 g/mol. The molecule has 2 aromatic heterocycles. The summed E-state index contributed by atoms with van der Waals surface area (Å²) in [6, 6.07) is 14.9. The maximum atomic E-state index is 14.3. The highest BCUT2D eigenvalue weighted by Gasteiger charge is 2.37. The quantitative estimate of drug-likeness (QED) is 0.282. The average molecular weight is 601 g/mol. The van der Waals surface area contributed by atoms with Crippen molar-refractivity contribution in [2.75, 3.05) is 51.8 Å². The summed E-state index contributed by atoms with van der Waals surface area (Å²) in [5.41, 5.74) is 1.48. The number of ether oxygens (including phenoxy) is 2. The minimum Gasteiger partial charge on any atom is -0.496 e. The number of nitrogens with zero attached hydrogens (tertiary/aromatic N) is 4. The predicted molar refractivity (Wildman–Crippen MR) is 169 cm³/mol. The number of aromatic nitrogens is 1. The van der Waals surface area contributed by atoms with E-state index in [2.05, 4.69) is 16.8 Å². The van der Waals surface area contributed by atoms with Crippen LogP contribution < -0.4 is 24.5 Å². The lowest BCUT2D eigenvalue weighted by molar-refractivity contribution is -0.139. The Morgan fingerprint density at radius 3 is 2.63 bits per heavy atom. The second-order valence-corrected chi connectivity index (χ2v) is 11.8. The molecule has 1 atom stereocenters. The molecule has 0 aliphatic carbocycles. The van der Waals surface area contributed by atoms with Gasteiger partial charge in [0.1, 0.15) is 17.6 Å². The summed E-state index contributed by atoms with van der Waals surface area (Å²) in [5, 5.41) is 1.87. The molecule has 1 saturated heterocycles. The van der Waals surface area contributed by atoms with Crippen molar-refractivity contribution in [3.63, 3.8) is 0 Å². The number of methoxy groups -OCH3 is 1. The molecule has 0 N–H and O–H groups in total. The molecule has 4 aromatic rings. The number of carbonyl (C=O) groups excluding carboxylic acids is 1. The third-order valence-corrected chi connectivity index (χ3v) is 9.00. The molecule has 43 heavy (non-hydrogen) atoms. The number of anilines is 1. The van der Waals surface area contributed by atoms with E-state index in [1.807, 2.05) is 55.5 Å². The standard InChI is InChI=1S/C33H36N4O5S/c1-5-9-24-29(32(39)41-6-2)30(28-23-11-8-7-10-21(23)12-14-25(28)40-4)37-31(38)26(43-33(37)34-24)20-22-13-15-27(42-22)36-18-16-35(3)17-19-36/h7-8,10-15,20,30H,5-6,9,16-19H2,1-4H3/b26-20+. The highest BCUT2D eigenvalue weighted by molar-refractivity contribution is 7.07. The Bertz CT molecular complexity index is 1880. The van der Waals surface area contributed by atoms with Crippen LogP contribution in [-0.2, 0) is 9.53 Å². The summed E-state index contributed by atoms with van der Waals surface area (Å²) >= 11 is 1.30. The molecule has 4 heterocycles. The fourth-order valence-corrected chi connectivity index (χ4v) is 6.88. The summed E-state index contributed by atoms with van der Waals surface area (Å²) in [6.45, 7) is 7.73. The molecule has 2 aromatic carbocycles. The number of esters is 1. The van der Waals surface area contributed by atoms with E-state index in [1.54, 1.807) is 24.7 Å². The molecule has 0 amide bonds. The first-order valence-electron chi connectivity index (χ1n) is 14.7. The van der Waals surface area contributed by atoms with E-state index in [0.717, 1.165) is 54.8 Å². The van der Waals surface area contributed by atoms with E-state index < -0.39 is 12.0 Å². The fraction of sp³-hybridized carbons (Fsp3) is 0.364. The topological polar surface area (TPSA) is 89.5 Å². The lowest BCUT2D eigenvalue weighted by atomic mass is 9.90. The minimum absolute atomic E-state index is 0.208. The van der Waals surface area contributed by atoms with E-state index in [4.69, 9.17) is 18.9 Å². The Hall–Kier alpha value is -4.15. The molecule has 1 fully saturated rings. The largest absolute Gasteiger partial charge is 0.496 e. The van der Waals surface area contributed by atoms with Crippen molar-refractivity contribution in [1.82, 2.24) is 9.47 Å². The fourth-order valence-electron chi connectivity index (χ4n) is 5.88. The van der Waals surface area contributed by atoms with Crippen LogP contribution in [0.2, 0.25) is 0 Å². The number of hydrogen-bond acceptors (Lipinski definition) is 9. The van der Waals surface area contributed by atoms with Gasteiger partial charge in [-0.25, -0.2) is 9.79 Å². The number of piperazine rings is 1. The van der Waals surface area contributed by atoms with E-state index in [0.29, 0.717) is 38.5 Å². The molecule has 0 bridgehead atoms. The van der Waals surface area contributed by atoms with Crippen molar-refractivity contribution in [2.24, 2.45) is 4.99 Å². The van der Waals surface area contributed by atoms with Gasteiger partial charge in [-0.3, -0.25) is 9.36 Å². The van der Waals surface area contributed by atoms with Crippen molar-refractivity contribution < 1.29 is 18.7 Å². The van der Waals surface area contributed by atoms with Crippen molar-refractivity contribution in [3.8, 4) is 5.75 Å². The summed E-state index contributed by atoms with van der Waals surface area (Å²) in [7, 11) is 3.72. The number of likely N-dealkylation sites (N-methyl/N-ethyl adjacent to an activating group) is 1. The molecule has 10 heteroatoms. The van der Waals surface area contributed by atoms with Crippen LogP contribution in [0, 0.1) is 0 Å². The highest BCUT2D eigenvalue weighted by atomic mass is 32.1. The molecule has 1 unspecified atom stereocenters. The monoisotopic (exact) mass is 600 g/mol. The van der Waals surface area contributed by atoms with Gasteiger partial charge in [-0.15, -0.1) is 0 Å². The zero-order chi connectivity index (χ0) is 30.1. The van der Waals surface area contributed by atoms with Gasteiger partial charge in [0.05, 0.1) is 29.5 Å². The Morgan fingerprint density at radius 2 is 1.88 bits per heavy atom. The van der Waals surface area contributed by atoms with Crippen molar-refractivity contribution >= 4 is 40.0 Å². The summed E-state index contributed by atoms with van der Waals surface area (Å²) in [4.78, 5) is 37.9. The maximum Gasteiger partial charge on any atom is 0.338 e. The van der Waals surface area contributed by atoms with Crippen LogP contribution in [0.1, 0.15) is 44.1 Å². The van der Waals surface area contributed by atoms with Crippen molar-refractivity contribution in [3.05, 3.63) is 90.8 Å². The molecule has 2 aliphatic rings. The number of hydrogen-bond donors (Lipinski definition) is 0. The van der Waals surface area contributed by atoms with E-state index in [9.17, 15) is 9.59 Å². The lowest BCUT2D eigenvalue weighted by Gasteiger charge is -2.32. The number of benzene rings is 2. The summed E-state index contributed by atoms with van der Waals surface area (Å²) < 4.78 is 19.7. The van der Waals surface area contributed by atoms with Crippen molar-refractivity contribution in [2.45, 2.75) is 32.7 Å². The van der Waals surface area contributed by atoms with Gasteiger partial charge in [-0.05, 0) is 43.3 Å². The van der Waals surface area contributed by atoms with Crippen LogP contribution in [0.25, 0.3) is 16.8 Å². The first-order chi connectivity index (χ1) is 20.9. The molecular formula is C33H36N4O5S. The van der Waals surface area contributed by atoms with E-state index >= 15 is 0 Å². The van der Waals surface area contributed by atoms with Gasteiger partial charge in [-0.1, -0.05) is 55.0 Å². The zero-order valence-corrected chi connectivity index (χ0v) is 25.8. The molecule has 6 rings (SSSR count). The SMILES string of the molecule is CCCC1=C(C(=O)OCC)C(c2c(OC)ccc3ccccc23)n2c(s/c(=C/c3ccc(N4CCN(C)CC4)o3)c2=O)=N1. The number of allylic oxidation sites excluding steroid dienone is 1. The number of furan rings is 1. The summed E-state index contributed by atoms with van der Waals surface area (Å²) in [6.07, 6.45) is 3.11. The zero-order valence-electron chi connectivity index (χ0n) is 25.0. The van der Waals surface area contributed by atoms with Gasteiger partial charge in [0.2, 0.25) is 0 Å². The van der Waals surface area contributed by atoms with Crippen LogP contribution in [0.3, 0.4) is 0 Å². The van der Waals surface area contributed by atoms with Crippen LogP contribution in [0.5, 0.6) is 5.75 Å². The van der Waals surface area contributed by atoms with Gasteiger partial charge >= 0.3 is 5.97 Å². The Morgan fingerprint density at radius 1 is 1.09 bits per heavy atom. The molecule has 9 nitrogen and oxygen atoms in total. The Labute approximate surface area is 254 Å². The lowest BCUT2D eigenvalue weighted by Crippen LogP contribution is -2.44. The van der Waals surface area contributed by atoms with Crippen LogP contribution in [0.4, 0.5) is 5.88 Å². The number of carbonyl (C=O) groups is 1. The first kappa shape index (κ1) is 28.9. The van der Waals surface area contributed by atoms with Gasteiger partial charge in [0.15, 0.2) is 10.7 Å². The van der Waals surface area contributed by atoms with Crippen LogP contribution in [0.15, 0.2) is 74.0 Å². The van der Waals surface area contributed by atoms with Gasteiger partial charge in [0.25, 0.3) is 5.56 Å². The summed E-state index contributed by atoms with van der Waals surface area (Å²) in [5.74, 6) is 1.49.